The zero-order valence-corrected chi connectivity index (χ0v) is 20.6. The third-order valence-corrected chi connectivity index (χ3v) is 7.46. The first kappa shape index (κ1) is 22.7. The molecule has 2 aromatic heterocycles. The first-order chi connectivity index (χ1) is 16.2. The van der Waals surface area contributed by atoms with Gasteiger partial charge in [-0.05, 0) is 24.3 Å². The summed E-state index contributed by atoms with van der Waals surface area (Å²) in [5.74, 6) is 2.63. The lowest BCUT2D eigenvalue weighted by Crippen LogP contribution is -2.40. The zero-order chi connectivity index (χ0) is 22.6. The number of hydrogen-bond acceptors (Lipinski definition) is 7. The minimum absolute atomic E-state index is 0.450. The van der Waals surface area contributed by atoms with E-state index in [1.165, 1.54) is 23.1 Å². The number of anilines is 1. The molecular weight excluding hydrogens is 430 g/mol. The van der Waals surface area contributed by atoms with Crippen LogP contribution < -0.4 is 5.32 Å². The maximum absolute atomic E-state index is 5.52. The summed E-state index contributed by atoms with van der Waals surface area (Å²) in [6.45, 7) is 12.4. The van der Waals surface area contributed by atoms with E-state index in [0.717, 1.165) is 81.2 Å². The third kappa shape index (κ3) is 5.54. The largest absolute Gasteiger partial charge is 0.379 e. The molecule has 0 bridgehead atoms. The van der Waals surface area contributed by atoms with Crippen molar-refractivity contribution in [2.75, 3.05) is 51.3 Å². The molecule has 2 aliphatic heterocycles. The van der Waals surface area contributed by atoms with Gasteiger partial charge in [0.25, 0.3) is 0 Å². The quantitative estimate of drug-likeness (QED) is 0.545. The molecule has 2 fully saturated rings. The SMILES string of the molecule is CC(C)CN1CCC(Nc2nc(CN3CCOCC3)nc3scc(-c4ccccc4)c23)CC1. The molecule has 5 rings (SSSR count). The fourth-order valence-corrected chi connectivity index (χ4v) is 5.89. The van der Waals surface area contributed by atoms with Crippen molar-refractivity contribution >= 4 is 27.4 Å². The van der Waals surface area contributed by atoms with Crippen molar-refractivity contribution in [3.8, 4) is 11.1 Å². The number of benzene rings is 1. The number of rotatable bonds is 7. The Morgan fingerprint density at radius 2 is 1.79 bits per heavy atom. The highest BCUT2D eigenvalue weighted by molar-refractivity contribution is 7.17. The number of hydrogen-bond donors (Lipinski definition) is 1. The Morgan fingerprint density at radius 3 is 2.52 bits per heavy atom. The number of aromatic nitrogens is 2. The van der Waals surface area contributed by atoms with Crippen LogP contribution in [0.25, 0.3) is 21.3 Å². The van der Waals surface area contributed by atoms with Crippen molar-refractivity contribution in [2.45, 2.75) is 39.3 Å². The molecule has 0 spiro atoms. The smallest absolute Gasteiger partial charge is 0.146 e. The molecule has 0 atom stereocenters. The highest BCUT2D eigenvalue weighted by atomic mass is 32.1. The second kappa shape index (κ2) is 10.5. The topological polar surface area (TPSA) is 53.5 Å². The van der Waals surface area contributed by atoms with E-state index in [-0.39, 0.29) is 0 Å². The second-order valence-corrected chi connectivity index (χ2v) is 10.5. The molecular formula is C26H35N5OS. The van der Waals surface area contributed by atoms with Crippen LogP contribution in [0.5, 0.6) is 0 Å². The van der Waals surface area contributed by atoms with Gasteiger partial charge in [0.05, 0.1) is 25.1 Å². The van der Waals surface area contributed by atoms with Crippen LogP contribution in [0.1, 0.15) is 32.5 Å². The first-order valence-corrected chi connectivity index (χ1v) is 13.2. The van der Waals surface area contributed by atoms with Gasteiger partial charge in [0.15, 0.2) is 0 Å². The first-order valence-electron chi connectivity index (χ1n) is 12.3. The van der Waals surface area contributed by atoms with Crippen LogP contribution in [0.3, 0.4) is 0 Å². The number of fused-ring (bicyclic) bond motifs is 1. The zero-order valence-electron chi connectivity index (χ0n) is 19.8. The van der Waals surface area contributed by atoms with Gasteiger partial charge in [0.2, 0.25) is 0 Å². The van der Waals surface area contributed by atoms with Crippen molar-refractivity contribution in [2.24, 2.45) is 5.92 Å². The molecule has 6 nitrogen and oxygen atoms in total. The summed E-state index contributed by atoms with van der Waals surface area (Å²) in [5, 5.41) is 7.27. The van der Waals surface area contributed by atoms with Gasteiger partial charge >= 0.3 is 0 Å². The Bertz CT molecular complexity index is 1040. The molecule has 0 unspecified atom stereocenters. The van der Waals surface area contributed by atoms with Crippen molar-refractivity contribution in [3.63, 3.8) is 0 Å². The van der Waals surface area contributed by atoms with E-state index in [9.17, 15) is 0 Å². The molecule has 0 amide bonds. The van der Waals surface area contributed by atoms with E-state index in [2.05, 4.69) is 64.7 Å². The van der Waals surface area contributed by atoms with Crippen LogP contribution >= 0.6 is 11.3 Å². The number of nitrogens with one attached hydrogen (secondary N) is 1. The summed E-state index contributed by atoms with van der Waals surface area (Å²) in [7, 11) is 0. The summed E-state index contributed by atoms with van der Waals surface area (Å²) in [4.78, 5) is 16.2. The molecule has 7 heteroatoms. The van der Waals surface area contributed by atoms with Crippen molar-refractivity contribution in [1.82, 2.24) is 19.8 Å². The number of nitrogens with zero attached hydrogens (tertiary/aromatic N) is 4. The van der Waals surface area contributed by atoms with Crippen LogP contribution in [-0.4, -0.2) is 71.7 Å². The summed E-state index contributed by atoms with van der Waals surface area (Å²) in [6.07, 6.45) is 2.31. The molecule has 176 valence electrons. The fraction of sp³-hybridized carbons (Fsp3) is 0.538. The standard InChI is InChI=1S/C26H35N5OS/c1-19(2)16-30-10-8-21(9-11-30)27-25-24-22(20-6-4-3-5-7-20)18-33-26(24)29-23(28-25)17-31-12-14-32-15-13-31/h3-7,18-19,21H,8-17H2,1-2H3,(H,27,28,29). The Hall–Kier alpha value is -2.06. The van der Waals surface area contributed by atoms with E-state index in [1.807, 2.05) is 0 Å². The van der Waals surface area contributed by atoms with Crippen LogP contribution in [0.4, 0.5) is 5.82 Å². The lowest BCUT2D eigenvalue weighted by atomic mass is 10.0. The molecule has 33 heavy (non-hydrogen) atoms. The Labute approximate surface area is 201 Å². The summed E-state index contributed by atoms with van der Waals surface area (Å²) >= 11 is 1.73. The maximum atomic E-state index is 5.52. The van der Waals surface area contributed by atoms with Gasteiger partial charge in [-0.3, -0.25) is 4.90 Å². The average Bonchev–Trinajstić information content (AvgIpc) is 3.26. The van der Waals surface area contributed by atoms with Gasteiger partial charge in [0.1, 0.15) is 16.5 Å². The number of piperidine rings is 1. The van der Waals surface area contributed by atoms with Crippen LogP contribution in [-0.2, 0) is 11.3 Å². The van der Waals surface area contributed by atoms with E-state index in [4.69, 9.17) is 14.7 Å². The van der Waals surface area contributed by atoms with Crippen molar-refractivity contribution in [3.05, 3.63) is 41.5 Å². The molecule has 0 aliphatic carbocycles. The summed E-state index contributed by atoms with van der Waals surface area (Å²) in [6, 6.07) is 11.1. The molecule has 1 aromatic carbocycles. The molecule has 0 radical (unpaired) electrons. The van der Waals surface area contributed by atoms with Gasteiger partial charge < -0.3 is 15.0 Å². The summed E-state index contributed by atoms with van der Waals surface area (Å²) < 4.78 is 5.52. The van der Waals surface area contributed by atoms with Crippen LogP contribution in [0.2, 0.25) is 0 Å². The van der Waals surface area contributed by atoms with Gasteiger partial charge in [-0.2, -0.15) is 0 Å². The van der Waals surface area contributed by atoms with Crippen molar-refractivity contribution in [1.29, 1.82) is 0 Å². The molecule has 1 N–H and O–H groups in total. The normalized spacial score (nSPS) is 18.9. The predicted molar refractivity (Wildman–Crippen MR) is 137 cm³/mol. The maximum Gasteiger partial charge on any atom is 0.146 e. The molecule has 0 saturated carbocycles. The summed E-state index contributed by atoms with van der Waals surface area (Å²) in [5.41, 5.74) is 2.45. The molecule has 2 aliphatic rings. The van der Waals surface area contributed by atoms with E-state index < -0.39 is 0 Å². The van der Waals surface area contributed by atoms with Gasteiger partial charge in [-0.25, -0.2) is 9.97 Å². The number of ether oxygens (including phenoxy) is 1. The second-order valence-electron chi connectivity index (χ2n) is 9.69. The van der Waals surface area contributed by atoms with Gasteiger partial charge in [0, 0.05) is 49.7 Å². The third-order valence-electron chi connectivity index (χ3n) is 6.59. The van der Waals surface area contributed by atoms with Crippen LogP contribution in [0.15, 0.2) is 35.7 Å². The van der Waals surface area contributed by atoms with E-state index >= 15 is 0 Å². The predicted octanol–water partition coefficient (Wildman–Crippen LogP) is 4.72. The van der Waals surface area contributed by atoms with Gasteiger partial charge in [-0.15, -0.1) is 11.3 Å². The van der Waals surface area contributed by atoms with E-state index in [1.54, 1.807) is 11.3 Å². The van der Waals surface area contributed by atoms with E-state index in [0.29, 0.717) is 6.04 Å². The number of thiophene rings is 1. The number of morpholine rings is 1. The highest BCUT2D eigenvalue weighted by Crippen LogP contribution is 2.37. The molecule has 2 saturated heterocycles. The Balaban J connectivity index is 1.43. The van der Waals surface area contributed by atoms with Gasteiger partial charge in [-0.1, -0.05) is 44.2 Å². The van der Waals surface area contributed by atoms with Crippen molar-refractivity contribution < 1.29 is 4.74 Å². The molecule has 4 heterocycles. The lowest BCUT2D eigenvalue weighted by Gasteiger charge is -2.33. The molecule has 3 aromatic rings. The Kier molecular flexibility index (Phi) is 7.21. The van der Waals surface area contributed by atoms with Crippen LogP contribution in [0, 0.1) is 5.92 Å². The lowest BCUT2D eigenvalue weighted by molar-refractivity contribution is 0.0331. The Morgan fingerprint density at radius 1 is 1.03 bits per heavy atom. The monoisotopic (exact) mass is 465 g/mol. The highest BCUT2D eigenvalue weighted by Gasteiger charge is 2.23. The number of likely N-dealkylation sites (tertiary alicyclic amines) is 1. The minimum atomic E-state index is 0.450. The average molecular weight is 466 g/mol. The minimum Gasteiger partial charge on any atom is -0.379 e. The fourth-order valence-electron chi connectivity index (χ4n) is 4.92.